The normalized spacial score (nSPS) is 12.5. The average Bonchev–Trinajstić information content (AvgIpc) is 2.15. The number of aliphatic hydroxyl groups excluding tert-OH is 1. The molecular weight excluding hydrogens is 275 g/mol. The quantitative estimate of drug-likeness (QED) is 0.848. The van der Waals surface area contributed by atoms with Crippen LogP contribution in [0.15, 0.2) is 24.8 Å². The van der Waals surface area contributed by atoms with Gasteiger partial charge in [-0.3, -0.25) is 0 Å². The van der Waals surface area contributed by atoms with Gasteiger partial charge in [0.1, 0.15) is 0 Å². The van der Waals surface area contributed by atoms with Crippen molar-refractivity contribution in [3.8, 4) is 0 Å². The van der Waals surface area contributed by atoms with Crippen LogP contribution in [0.1, 0.15) is 24.0 Å². The van der Waals surface area contributed by atoms with Crippen LogP contribution < -0.4 is 0 Å². The first-order valence-electron chi connectivity index (χ1n) is 4.21. The van der Waals surface area contributed by atoms with E-state index < -0.39 is 0 Å². The SMILES string of the molecule is C=Cc1cc(I)cc(C(C)CO)c1. The third-order valence-corrected chi connectivity index (χ3v) is 2.64. The van der Waals surface area contributed by atoms with Gasteiger partial charge in [-0.1, -0.05) is 25.6 Å². The second-order valence-electron chi connectivity index (χ2n) is 3.11. The van der Waals surface area contributed by atoms with Crippen LogP contribution in [0.5, 0.6) is 0 Å². The maximum Gasteiger partial charge on any atom is 0.0497 e. The van der Waals surface area contributed by atoms with Crippen LogP contribution in [0.2, 0.25) is 0 Å². The molecule has 13 heavy (non-hydrogen) atoms. The van der Waals surface area contributed by atoms with Gasteiger partial charge in [0, 0.05) is 16.1 Å². The molecule has 0 radical (unpaired) electrons. The number of rotatable bonds is 3. The van der Waals surface area contributed by atoms with Gasteiger partial charge in [0.15, 0.2) is 0 Å². The third-order valence-electron chi connectivity index (χ3n) is 2.02. The molecule has 1 nitrogen and oxygen atoms in total. The van der Waals surface area contributed by atoms with Gasteiger partial charge < -0.3 is 5.11 Å². The molecule has 0 fully saturated rings. The average molecular weight is 288 g/mol. The molecule has 0 aliphatic rings. The molecule has 0 bridgehead atoms. The largest absolute Gasteiger partial charge is 0.396 e. The molecule has 0 aromatic heterocycles. The maximum atomic E-state index is 9.01. The Balaban J connectivity index is 3.07. The van der Waals surface area contributed by atoms with Gasteiger partial charge in [-0.05, 0) is 45.9 Å². The summed E-state index contributed by atoms with van der Waals surface area (Å²) in [7, 11) is 0. The molecule has 0 saturated carbocycles. The summed E-state index contributed by atoms with van der Waals surface area (Å²) in [6, 6.07) is 6.23. The Morgan fingerprint density at radius 1 is 1.54 bits per heavy atom. The molecule has 2 heteroatoms. The summed E-state index contributed by atoms with van der Waals surface area (Å²) in [5.74, 6) is 0.202. The van der Waals surface area contributed by atoms with E-state index in [1.807, 2.05) is 13.0 Å². The van der Waals surface area contributed by atoms with E-state index >= 15 is 0 Å². The van der Waals surface area contributed by atoms with Crippen LogP contribution >= 0.6 is 22.6 Å². The summed E-state index contributed by atoms with van der Waals surface area (Å²) in [5, 5.41) is 9.01. The molecule has 0 aliphatic carbocycles. The zero-order valence-electron chi connectivity index (χ0n) is 7.63. The molecule has 1 N–H and O–H groups in total. The van der Waals surface area contributed by atoms with Crippen molar-refractivity contribution in [2.45, 2.75) is 12.8 Å². The van der Waals surface area contributed by atoms with Crippen molar-refractivity contribution < 1.29 is 5.11 Å². The fraction of sp³-hybridized carbons (Fsp3) is 0.273. The first kappa shape index (κ1) is 10.7. The second-order valence-corrected chi connectivity index (χ2v) is 4.35. The van der Waals surface area contributed by atoms with E-state index in [0.717, 1.165) is 5.56 Å². The van der Waals surface area contributed by atoms with Crippen molar-refractivity contribution >= 4 is 28.7 Å². The highest BCUT2D eigenvalue weighted by Crippen LogP contribution is 2.20. The molecular formula is C11H13IO. The van der Waals surface area contributed by atoms with E-state index in [-0.39, 0.29) is 12.5 Å². The highest BCUT2D eigenvalue weighted by molar-refractivity contribution is 14.1. The van der Waals surface area contributed by atoms with Gasteiger partial charge in [-0.2, -0.15) is 0 Å². The molecule has 1 aromatic rings. The van der Waals surface area contributed by atoms with Gasteiger partial charge in [0.25, 0.3) is 0 Å². The molecule has 0 spiro atoms. The smallest absolute Gasteiger partial charge is 0.0497 e. The lowest BCUT2D eigenvalue weighted by molar-refractivity contribution is 0.273. The van der Waals surface area contributed by atoms with Gasteiger partial charge >= 0.3 is 0 Å². The maximum absolute atomic E-state index is 9.01. The summed E-state index contributed by atoms with van der Waals surface area (Å²) in [6.07, 6.45) is 1.83. The van der Waals surface area contributed by atoms with Crippen molar-refractivity contribution in [3.05, 3.63) is 39.5 Å². The van der Waals surface area contributed by atoms with Gasteiger partial charge in [-0.25, -0.2) is 0 Å². The fourth-order valence-electron chi connectivity index (χ4n) is 1.14. The molecule has 0 saturated heterocycles. The summed E-state index contributed by atoms with van der Waals surface area (Å²) in [5.41, 5.74) is 2.28. The minimum atomic E-state index is 0.191. The van der Waals surface area contributed by atoms with Crippen LogP contribution in [0.25, 0.3) is 6.08 Å². The topological polar surface area (TPSA) is 20.2 Å². The first-order chi connectivity index (χ1) is 6.17. The Labute approximate surface area is 92.6 Å². The van der Waals surface area contributed by atoms with Crippen molar-refractivity contribution in [2.24, 2.45) is 0 Å². The predicted molar refractivity (Wildman–Crippen MR) is 64.8 cm³/mol. The van der Waals surface area contributed by atoms with E-state index in [9.17, 15) is 0 Å². The number of benzene rings is 1. The molecule has 70 valence electrons. The Hall–Kier alpha value is -0.350. The summed E-state index contributed by atoms with van der Waals surface area (Å²) in [6.45, 7) is 5.94. The molecule has 0 heterocycles. The molecule has 1 unspecified atom stereocenters. The highest BCUT2D eigenvalue weighted by atomic mass is 127. The molecule has 1 atom stereocenters. The van der Waals surface area contributed by atoms with Crippen LogP contribution in [-0.4, -0.2) is 11.7 Å². The number of hydrogen-bond donors (Lipinski definition) is 1. The zero-order valence-corrected chi connectivity index (χ0v) is 9.78. The lowest BCUT2D eigenvalue weighted by Crippen LogP contribution is -1.99. The molecule has 1 aromatic carbocycles. The van der Waals surface area contributed by atoms with E-state index in [1.165, 1.54) is 9.13 Å². The molecule has 1 rings (SSSR count). The Morgan fingerprint density at radius 3 is 2.77 bits per heavy atom. The van der Waals surface area contributed by atoms with E-state index in [0.29, 0.717) is 0 Å². The van der Waals surface area contributed by atoms with E-state index in [1.54, 1.807) is 0 Å². The molecule has 0 aliphatic heterocycles. The van der Waals surface area contributed by atoms with E-state index in [4.69, 9.17) is 5.11 Å². The third kappa shape index (κ3) is 2.81. The zero-order chi connectivity index (χ0) is 9.84. The van der Waals surface area contributed by atoms with E-state index in [2.05, 4.69) is 47.4 Å². The molecule has 0 amide bonds. The van der Waals surface area contributed by atoms with Crippen molar-refractivity contribution in [1.82, 2.24) is 0 Å². The summed E-state index contributed by atoms with van der Waals surface area (Å²) in [4.78, 5) is 0. The standard InChI is InChI=1S/C11H13IO/c1-3-9-4-10(8(2)7-13)6-11(12)5-9/h3-6,8,13H,1,7H2,2H3. The predicted octanol–water partition coefficient (Wildman–Crippen LogP) is 3.03. The van der Waals surface area contributed by atoms with Crippen molar-refractivity contribution in [3.63, 3.8) is 0 Å². The Kier molecular flexibility index (Phi) is 3.93. The van der Waals surface area contributed by atoms with Crippen LogP contribution in [0, 0.1) is 3.57 Å². The minimum Gasteiger partial charge on any atom is -0.396 e. The lowest BCUT2D eigenvalue weighted by Gasteiger charge is -2.09. The van der Waals surface area contributed by atoms with Gasteiger partial charge in [0.2, 0.25) is 0 Å². The fourth-order valence-corrected chi connectivity index (χ4v) is 1.86. The number of halogens is 1. The van der Waals surface area contributed by atoms with Crippen LogP contribution in [0.4, 0.5) is 0 Å². The second kappa shape index (κ2) is 4.77. The van der Waals surface area contributed by atoms with Crippen molar-refractivity contribution in [2.75, 3.05) is 6.61 Å². The van der Waals surface area contributed by atoms with Crippen molar-refractivity contribution in [1.29, 1.82) is 0 Å². The first-order valence-corrected chi connectivity index (χ1v) is 5.29. The Bertz CT molecular complexity index is 307. The summed E-state index contributed by atoms with van der Waals surface area (Å²) >= 11 is 2.27. The highest BCUT2D eigenvalue weighted by Gasteiger charge is 2.05. The van der Waals surface area contributed by atoms with Crippen LogP contribution in [-0.2, 0) is 0 Å². The summed E-state index contributed by atoms with van der Waals surface area (Å²) < 4.78 is 1.19. The Morgan fingerprint density at radius 2 is 2.23 bits per heavy atom. The minimum absolute atomic E-state index is 0.191. The van der Waals surface area contributed by atoms with Crippen LogP contribution in [0.3, 0.4) is 0 Å². The van der Waals surface area contributed by atoms with Gasteiger partial charge in [-0.15, -0.1) is 0 Å². The lowest BCUT2D eigenvalue weighted by atomic mass is 10.00. The van der Waals surface area contributed by atoms with Gasteiger partial charge in [0.05, 0.1) is 0 Å². The monoisotopic (exact) mass is 288 g/mol. The number of hydrogen-bond acceptors (Lipinski definition) is 1. The number of aliphatic hydroxyl groups is 1.